The molecule has 3 fully saturated rings. The minimum atomic E-state index is 0.320. The number of furan rings is 1. The van der Waals surface area contributed by atoms with Crippen molar-refractivity contribution in [3.63, 3.8) is 0 Å². The molecule has 33 heavy (non-hydrogen) atoms. The molecule has 7 heteroatoms. The van der Waals surface area contributed by atoms with Crippen molar-refractivity contribution in [2.24, 2.45) is 5.92 Å². The van der Waals surface area contributed by atoms with E-state index in [-0.39, 0.29) is 0 Å². The smallest absolute Gasteiger partial charge is 0.191 e. The van der Waals surface area contributed by atoms with Crippen molar-refractivity contribution in [1.82, 2.24) is 19.7 Å². The quantitative estimate of drug-likeness (QED) is 0.444. The Morgan fingerprint density at radius 3 is 2.67 bits per heavy atom. The first kappa shape index (κ1) is 23.2. The van der Waals surface area contributed by atoms with Crippen LogP contribution in [0.2, 0.25) is 0 Å². The number of hydrogen-bond donors (Lipinski definition) is 0. The lowest BCUT2D eigenvalue weighted by Crippen LogP contribution is -2.34. The van der Waals surface area contributed by atoms with Gasteiger partial charge < -0.3 is 13.7 Å². The molecule has 0 bridgehead atoms. The molecule has 2 aliphatic heterocycles. The molecule has 1 saturated carbocycles. The molecule has 4 heterocycles. The number of thioether (sulfide) groups is 1. The molecular formula is C26H38N4O2S. The lowest BCUT2D eigenvalue weighted by Gasteiger charge is -2.31. The summed E-state index contributed by atoms with van der Waals surface area (Å²) in [4.78, 5) is 2.52. The molecule has 6 nitrogen and oxygen atoms in total. The van der Waals surface area contributed by atoms with E-state index in [1.807, 2.05) is 23.9 Å². The Morgan fingerprint density at radius 2 is 1.91 bits per heavy atom. The van der Waals surface area contributed by atoms with Crippen LogP contribution in [0.5, 0.6) is 0 Å². The highest BCUT2D eigenvalue weighted by molar-refractivity contribution is 7.99. The van der Waals surface area contributed by atoms with E-state index in [0.717, 1.165) is 68.9 Å². The van der Waals surface area contributed by atoms with Gasteiger partial charge in [-0.1, -0.05) is 37.1 Å². The van der Waals surface area contributed by atoms with E-state index < -0.39 is 0 Å². The summed E-state index contributed by atoms with van der Waals surface area (Å²) in [6.45, 7) is 4.99. The zero-order valence-corrected chi connectivity index (χ0v) is 20.6. The van der Waals surface area contributed by atoms with E-state index in [1.165, 1.54) is 50.1 Å². The topological polar surface area (TPSA) is 56.3 Å². The van der Waals surface area contributed by atoms with Crippen molar-refractivity contribution >= 4 is 17.8 Å². The summed E-state index contributed by atoms with van der Waals surface area (Å²) in [6, 6.07) is 3.92. The van der Waals surface area contributed by atoms with Crippen LogP contribution in [-0.4, -0.2) is 57.8 Å². The van der Waals surface area contributed by atoms with Gasteiger partial charge in [0, 0.05) is 24.8 Å². The predicted octanol–water partition coefficient (Wildman–Crippen LogP) is 5.62. The standard InChI is InChI=1S/C26H38N4O2S/c1-2-7-21(8-3-1)20-33-26-28-27-25(30(26)19-24-11-6-18-32-24)22-12-15-29(16-13-22)14-4-9-23-10-5-17-31-23/h4-5,9-10,17,21-22,24H,1-3,6-8,11-16,18-20H2/b9-4+/t24-/m0/s1. The summed E-state index contributed by atoms with van der Waals surface area (Å²) in [6.07, 6.45) is 17.9. The summed E-state index contributed by atoms with van der Waals surface area (Å²) >= 11 is 1.94. The van der Waals surface area contributed by atoms with Crippen molar-refractivity contribution in [2.45, 2.75) is 81.5 Å². The van der Waals surface area contributed by atoms with Crippen LogP contribution in [0, 0.1) is 5.92 Å². The van der Waals surface area contributed by atoms with E-state index in [0.29, 0.717) is 12.0 Å². The van der Waals surface area contributed by atoms with Gasteiger partial charge in [0.2, 0.25) is 0 Å². The van der Waals surface area contributed by atoms with E-state index >= 15 is 0 Å². The normalized spacial score (nSPS) is 23.7. The molecule has 1 aliphatic carbocycles. The third kappa shape index (κ3) is 6.31. The second-order valence-corrected chi connectivity index (χ2v) is 10.9. The van der Waals surface area contributed by atoms with Crippen LogP contribution in [0.4, 0.5) is 0 Å². The van der Waals surface area contributed by atoms with Gasteiger partial charge in [0.15, 0.2) is 5.16 Å². The fourth-order valence-electron chi connectivity index (χ4n) is 5.50. The molecule has 1 atom stereocenters. The van der Waals surface area contributed by atoms with Crippen molar-refractivity contribution in [3.05, 3.63) is 36.1 Å². The monoisotopic (exact) mass is 470 g/mol. The maximum absolute atomic E-state index is 6.00. The van der Waals surface area contributed by atoms with Gasteiger partial charge >= 0.3 is 0 Å². The molecule has 0 aromatic carbocycles. The van der Waals surface area contributed by atoms with Gasteiger partial charge in [0.05, 0.1) is 18.9 Å². The summed E-state index contributed by atoms with van der Waals surface area (Å²) in [5, 5.41) is 10.6. The summed E-state index contributed by atoms with van der Waals surface area (Å²) in [7, 11) is 0. The fourth-order valence-corrected chi connectivity index (χ4v) is 6.64. The van der Waals surface area contributed by atoms with Crippen molar-refractivity contribution in [1.29, 1.82) is 0 Å². The first-order valence-corrected chi connectivity index (χ1v) is 13.9. The molecule has 5 rings (SSSR count). The van der Waals surface area contributed by atoms with Crippen LogP contribution in [-0.2, 0) is 11.3 Å². The second kappa shape index (κ2) is 11.7. The van der Waals surface area contributed by atoms with Gasteiger partial charge in [0.25, 0.3) is 0 Å². The van der Waals surface area contributed by atoms with Crippen LogP contribution < -0.4 is 0 Å². The highest BCUT2D eigenvalue weighted by atomic mass is 32.2. The molecule has 180 valence electrons. The summed E-state index contributed by atoms with van der Waals surface area (Å²) in [5.74, 6) is 4.64. The first-order valence-electron chi connectivity index (χ1n) is 12.9. The highest BCUT2D eigenvalue weighted by Gasteiger charge is 2.28. The number of nitrogens with zero attached hydrogens (tertiary/aromatic N) is 4. The lowest BCUT2D eigenvalue weighted by molar-refractivity contribution is 0.0933. The highest BCUT2D eigenvalue weighted by Crippen LogP contribution is 2.33. The zero-order valence-electron chi connectivity index (χ0n) is 19.7. The SMILES string of the molecule is C(=C\c1ccco1)/CN1CCC(c2nnc(SCC3CCCCC3)n2C[C@@H]2CCCO2)CC1. The average molecular weight is 471 g/mol. The fraction of sp³-hybridized carbons (Fsp3) is 0.692. The third-order valence-corrected chi connectivity index (χ3v) is 8.67. The number of ether oxygens (including phenoxy) is 1. The predicted molar refractivity (Wildman–Crippen MR) is 132 cm³/mol. The van der Waals surface area contributed by atoms with Gasteiger partial charge in [-0.3, -0.25) is 4.90 Å². The number of piperidine rings is 1. The molecule has 2 aromatic rings. The van der Waals surface area contributed by atoms with E-state index in [1.54, 1.807) is 6.26 Å². The van der Waals surface area contributed by atoms with Crippen molar-refractivity contribution in [3.8, 4) is 0 Å². The Balaban J connectivity index is 1.20. The third-order valence-electron chi connectivity index (χ3n) is 7.47. The minimum Gasteiger partial charge on any atom is -0.465 e. The average Bonchev–Trinajstić information content (AvgIpc) is 3.63. The number of aromatic nitrogens is 3. The van der Waals surface area contributed by atoms with Crippen molar-refractivity contribution < 1.29 is 9.15 Å². The van der Waals surface area contributed by atoms with Gasteiger partial charge in [-0.15, -0.1) is 10.2 Å². The van der Waals surface area contributed by atoms with Gasteiger partial charge in [0.1, 0.15) is 11.6 Å². The van der Waals surface area contributed by atoms with Gasteiger partial charge in [-0.2, -0.15) is 0 Å². The Kier molecular flexibility index (Phi) is 8.23. The molecule has 2 aromatic heterocycles. The molecule has 0 unspecified atom stereocenters. The minimum absolute atomic E-state index is 0.320. The second-order valence-electron chi connectivity index (χ2n) is 9.89. The van der Waals surface area contributed by atoms with Crippen molar-refractivity contribution in [2.75, 3.05) is 32.0 Å². The Bertz CT molecular complexity index is 861. The molecule has 0 amide bonds. The molecular weight excluding hydrogens is 432 g/mol. The van der Waals surface area contributed by atoms with Crippen LogP contribution in [0.3, 0.4) is 0 Å². The van der Waals surface area contributed by atoms with E-state index in [4.69, 9.17) is 19.4 Å². The van der Waals surface area contributed by atoms with E-state index in [2.05, 4.69) is 21.6 Å². The van der Waals surface area contributed by atoms with Crippen LogP contribution in [0.1, 0.15) is 75.3 Å². The number of hydrogen-bond acceptors (Lipinski definition) is 6. The molecule has 0 radical (unpaired) electrons. The molecule has 2 saturated heterocycles. The summed E-state index contributed by atoms with van der Waals surface area (Å²) < 4.78 is 13.8. The Labute approximate surface area is 202 Å². The largest absolute Gasteiger partial charge is 0.465 e. The van der Waals surface area contributed by atoms with Gasteiger partial charge in [-0.25, -0.2) is 0 Å². The lowest BCUT2D eigenvalue weighted by atomic mass is 9.91. The number of rotatable bonds is 9. The molecule has 0 spiro atoms. The summed E-state index contributed by atoms with van der Waals surface area (Å²) in [5.41, 5.74) is 0. The maximum atomic E-state index is 6.00. The van der Waals surface area contributed by atoms with Crippen LogP contribution in [0.25, 0.3) is 6.08 Å². The van der Waals surface area contributed by atoms with Crippen LogP contribution >= 0.6 is 11.8 Å². The Hall–Kier alpha value is -1.57. The van der Waals surface area contributed by atoms with Crippen LogP contribution in [0.15, 0.2) is 34.0 Å². The molecule has 3 aliphatic rings. The number of likely N-dealkylation sites (tertiary alicyclic amines) is 1. The van der Waals surface area contributed by atoms with E-state index in [9.17, 15) is 0 Å². The Morgan fingerprint density at radius 1 is 1.03 bits per heavy atom. The van der Waals surface area contributed by atoms with Gasteiger partial charge in [-0.05, 0) is 75.7 Å². The molecule has 0 N–H and O–H groups in total. The maximum Gasteiger partial charge on any atom is 0.191 e. The first-order chi connectivity index (χ1) is 16.3. The zero-order chi connectivity index (χ0) is 22.3.